The minimum atomic E-state index is 0.684. The second kappa shape index (κ2) is 4.46. The first kappa shape index (κ1) is 11.7. The number of hydrogen-bond donors (Lipinski definition) is 1. The number of hydrogen-bond acceptors (Lipinski definition) is 4. The zero-order chi connectivity index (χ0) is 12.8. The number of nitrogens with one attached hydrogen (secondary N) is 1. The van der Waals surface area contributed by atoms with Crippen LogP contribution in [0.2, 0.25) is 0 Å². The zero-order valence-electron chi connectivity index (χ0n) is 11.2. The third kappa shape index (κ3) is 1.70. The van der Waals surface area contributed by atoms with Crippen LogP contribution in [-0.4, -0.2) is 30.0 Å². The van der Waals surface area contributed by atoms with E-state index in [1.165, 1.54) is 36.4 Å². The highest BCUT2D eigenvalue weighted by Gasteiger charge is 2.44. The second-order valence-corrected chi connectivity index (χ2v) is 6.47. The molecular formula is C15H19N3S. The molecule has 0 radical (unpaired) electrons. The Labute approximate surface area is 117 Å². The monoisotopic (exact) mass is 273 g/mol. The Kier molecular flexibility index (Phi) is 2.74. The molecule has 2 aliphatic rings. The maximum Gasteiger partial charge on any atom is 0.120 e. The van der Waals surface area contributed by atoms with Crippen LogP contribution in [0.5, 0.6) is 0 Å². The molecule has 1 aromatic carbocycles. The summed E-state index contributed by atoms with van der Waals surface area (Å²) in [5.41, 5.74) is 1.15. The van der Waals surface area contributed by atoms with Gasteiger partial charge in [-0.2, -0.15) is 4.37 Å². The third-order valence-electron chi connectivity index (χ3n) is 4.76. The SMILES string of the molecule is CCC1C2CNCC2CN1c1snc2ccccc12. The van der Waals surface area contributed by atoms with Gasteiger partial charge in [-0.25, -0.2) is 0 Å². The number of anilines is 1. The van der Waals surface area contributed by atoms with Crippen molar-refractivity contribution in [2.24, 2.45) is 11.8 Å². The van der Waals surface area contributed by atoms with E-state index in [2.05, 4.69) is 45.8 Å². The van der Waals surface area contributed by atoms with Crippen LogP contribution in [0.1, 0.15) is 13.3 Å². The molecule has 3 unspecified atom stereocenters. The highest BCUT2D eigenvalue weighted by atomic mass is 32.1. The summed E-state index contributed by atoms with van der Waals surface area (Å²) >= 11 is 1.67. The molecule has 1 N–H and O–H groups in total. The molecule has 2 fully saturated rings. The average molecular weight is 273 g/mol. The molecule has 0 aliphatic carbocycles. The lowest BCUT2D eigenvalue weighted by atomic mass is 9.93. The van der Waals surface area contributed by atoms with Gasteiger partial charge in [-0.05, 0) is 41.9 Å². The molecule has 3 atom stereocenters. The summed E-state index contributed by atoms with van der Waals surface area (Å²) in [5.74, 6) is 1.65. The lowest BCUT2D eigenvalue weighted by molar-refractivity contribution is 0.442. The molecule has 2 aliphatic heterocycles. The average Bonchev–Trinajstić information content (AvgIpc) is 3.11. The highest BCUT2D eigenvalue weighted by molar-refractivity contribution is 7.11. The van der Waals surface area contributed by atoms with Crippen molar-refractivity contribution in [3.63, 3.8) is 0 Å². The van der Waals surface area contributed by atoms with Crippen LogP contribution in [0.25, 0.3) is 10.9 Å². The van der Waals surface area contributed by atoms with Gasteiger partial charge in [0.15, 0.2) is 0 Å². The van der Waals surface area contributed by atoms with Crippen molar-refractivity contribution in [3.05, 3.63) is 24.3 Å². The quantitative estimate of drug-likeness (QED) is 0.912. The van der Waals surface area contributed by atoms with Gasteiger partial charge in [0.05, 0.1) is 5.52 Å². The molecule has 4 heteroatoms. The van der Waals surface area contributed by atoms with Crippen LogP contribution in [0.15, 0.2) is 24.3 Å². The maximum absolute atomic E-state index is 4.61. The van der Waals surface area contributed by atoms with E-state index in [0.29, 0.717) is 6.04 Å². The molecule has 2 aromatic rings. The van der Waals surface area contributed by atoms with Crippen LogP contribution in [0.3, 0.4) is 0 Å². The third-order valence-corrected chi connectivity index (χ3v) is 5.68. The number of rotatable bonds is 2. The number of aromatic nitrogens is 1. The Morgan fingerprint density at radius 1 is 1.37 bits per heavy atom. The van der Waals surface area contributed by atoms with Crippen molar-refractivity contribution in [3.8, 4) is 0 Å². The molecule has 1 aromatic heterocycles. The summed E-state index contributed by atoms with van der Waals surface area (Å²) < 4.78 is 4.61. The summed E-state index contributed by atoms with van der Waals surface area (Å²) in [6.07, 6.45) is 1.23. The number of nitrogens with zero attached hydrogens (tertiary/aromatic N) is 2. The molecule has 100 valence electrons. The Hall–Kier alpha value is -1.13. The predicted octanol–water partition coefficient (Wildman–Crippen LogP) is 2.73. The topological polar surface area (TPSA) is 28.2 Å². The fourth-order valence-electron chi connectivity index (χ4n) is 3.86. The normalized spacial score (nSPS) is 30.2. The molecule has 3 nitrogen and oxygen atoms in total. The van der Waals surface area contributed by atoms with Crippen LogP contribution >= 0.6 is 11.5 Å². The molecule has 0 spiro atoms. The Morgan fingerprint density at radius 2 is 2.26 bits per heavy atom. The summed E-state index contributed by atoms with van der Waals surface area (Å²) in [7, 11) is 0. The van der Waals surface area contributed by atoms with Crippen molar-refractivity contribution in [2.75, 3.05) is 24.5 Å². The van der Waals surface area contributed by atoms with Gasteiger partial charge in [0, 0.05) is 31.1 Å². The first-order valence-corrected chi connectivity index (χ1v) is 7.97. The number of benzene rings is 1. The largest absolute Gasteiger partial charge is 0.358 e. The van der Waals surface area contributed by atoms with Gasteiger partial charge in [0.2, 0.25) is 0 Å². The Balaban J connectivity index is 1.75. The zero-order valence-corrected chi connectivity index (χ0v) is 12.0. The van der Waals surface area contributed by atoms with E-state index < -0.39 is 0 Å². The first-order chi connectivity index (χ1) is 9.38. The minimum absolute atomic E-state index is 0.684. The Bertz CT molecular complexity index is 594. The standard InChI is InChI=1S/C15H19N3S/c1-2-14-12-8-16-7-10(12)9-18(14)15-11-5-3-4-6-13(11)17-19-15/h3-6,10,12,14,16H,2,7-9H2,1H3. The van der Waals surface area contributed by atoms with Crippen LogP contribution in [0.4, 0.5) is 5.00 Å². The van der Waals surface area contributed by atoms with Gasteiger partial charge >= 0.3 is 0 Å². The maximum atomic E-state index is 4.61. The first-order valence-electron chi connectivity index (χ1n) is 7.20. The summed E-state index contributed by atoms with van der Waals surface area (Å²) in [4.78, 5) is 2.64. The van der Waals surface area contributed by atoms with Gasteiger partial charge in [0.25, 0.3) is 0 Å². The molecule has 2 saturated heterocycles. The summed E-state index contributed by atoms with van der Waals surface area (Å²) in [5, 5.41) is 6.27. The summed E-state index contributed by atoms with van der Waals surface area (Å²) in [6, 6.07) is 9.22. The molecule has 3 heterocycles. The van der Waals surface area contributed by atoms with Crippen molar-refractivity contribution in [1.82, 2.24) is 9.69 Å². The molecular weight excluding hydrogens is 254 g/mol. The fraction of sp³-hybridized carbons (Fsp3) is 0.533. The van der Waals surface area contributed by atoms with Crippen LogP contribution < -0.4 is 10.2 Å². The van der Waals surface area contributed by atoms with E-state index >= 15 is 0 Å². The van der Waals surface area contributed by atoms with Crippen molar-refractivity contribution >= 4 is 27.4 Å². The lowest BCUT2D eigenvalue weighted by Gasteiger charge is -2.27. The Morgan fingerprint density at radius 3 is 3.16 bits per heavy atom. The second-order valence-electron chi connectivity index (χ2n) is 5.72. The van der Waals surface area contributed by atoms with E-state index in [4.69, 9.17) is 0 Å². The van der Waals surface area contributed by atoms with Crippen LogP contribution in [0, 0.1) is 11.8 Å². The van der Waals surface area contributed by atoms with Crippen molar-refractivity contribution in [2.45, 2.75) is 19.4 Å². The van der Waals surface area contributed by atoms with Crippen molar-refractivity contribution in [1.29, 1.82) is 0 Å². The highest BCUT2D eigenvalue weighted by Crippen LogP contribution is 2.41. The smallest absolute Gasteiger partial charge is 0.120 e. The molecule has 0 amide bonds. The summed E-state index contributed by atoms with van der Waals surface area (Å²) in [6.45, 7) is 5.90. The number of fused-ring (bicyclic) bond motifs is 2. The van der Waals surface area contributed by atoms with E-state index in [1.54, 1.807) is 11.5 Å². The van der Waals surface area contributed by atoms with E-state index in [0.717, 1.165) is 17.4 Å². The lowest BCUT2D eigenvalue weighted by Crippen LogP contribution is -2.34. The van der Waals surface area contributed by atoms with Gasteiger partial charge < -0.3 is 10.2 Å². The van der Waals surface area contributed by atoms with Crippen LogP contribution in [-0.2, 0) is 0 Å². The van der Waals surface area contributed by atoms with E-state index in [1.807, 2.05) is 0 Å². The fourth-order valence-corrected chi connectivity index (χ4v) is 4.79. The molecule has 0 bridgehead atoms. The molecule has 19 heavy (non-hydrogen) atoms. The predicted molar refractivity (Wildman–Crippen MR) is 80.9 cm³/mol. The van der Waals surface area contributed by atoms with Gasteiger partial charge in [-0.3, -0.25) is 0 Å². The van der Waals surface area contributed by atoms with Gasteiger partial charge in [0.1, 0.15) is 5.00 Å². The molecule has 4 rings (SSSR count). The van der Waals surface area contributed by atoms with Gasteiger partial charge in [-0.15, -0.1) is 0 Å². The van der Waals surface area contributed by atoms with Gasteiger partial charge in [-0.1, -0.05) is 19.1 Å². The molecule has 0 saturated carbocycles. The van der Waals surface area contributed by atoms with Crippen molar-refractivity contribution < 1.29 is 0 Å². The van der Waals surface area contributed by atoms with E-state index in [9.17, 15) is 0 Å². The minimum Gasteiger partial charge on any atom is -0.358 e. The van der Waals surface area contributed by atoms with E-state index in [-0.39, 0.29) is 0 Å².